The summed E-state index contributed by atoms with van der Waals surface area (Å²) < 4.78 is 20.6. The van der Waals surface area contributed by atoms with Crippen LogP contribution in [0.5, 0.6) is 5.75 Å². The van der Waals surface area contributed by atoms with E-state index in [0.717, 1.165) is 16.7 Å². The van der Waals surface area contributed by atoms with Crippen molar-refractivity contribution in [1.82, 2.24) is 4.90 Å². The SMILES string of the molecule is Cc1ccc(C2=CC3(CCN(CC(=O)O)CC3)Oc3cc(Cl)ccc32)cc1F. The topological polar surface area (TPSA) is 49.8 Å². The van der Waals surface area contributed by atoms with E-state index in [1.54, 1.807) is 31.2 Å². The molecule has 28 heavy (non-hydrogen) atoms. The van der Waals surface area contributed by atoms with E-state index >= 15 is 0 Å². The van der Waals surface area contributed by atoms with Gasteiger partial charge in [-0.1, -0.05) is 23.7 Å². The zero-order chi connectivity index (χ0) is 19.9. The quantitative estimate of drug-likeness (QED) is 0.820. The van der Waals surface area contributed by atoms with Crippen molar-refractivity contribution in [2.24, 2.45) is 0 Å². The fourth-order valence-electron chi connectivity index (χ4n) is 3.92. The molecule has 4 nitrogen and oxygen atoms in total. The van der Waals surface area contributed by atoms with Crippen LogP contribution in [-0.4, -0.2) is 41.2 Å². The molecule has 1 N–H and O–H groups in total. The highest BCUT2D eigenvalue weighted by atomic mass is 35.5. The molecule has 2 heterocycles. The van der Waals surface area contributed by atoms with E-state index in [1.165, 1.54) is 0 Å². The van der Waals surface area contributed by atoms with Gasteiger partial charge in [0.25, 0.3) is 0 Å². The van der Waals surface area contributed by atoms with Gasteiger partial charge in [-0.2, -0.15) is 0 Å². The smallest absolute Gasteiger partial charge is 0.317 e. The lowest BCUT2D eigenvalue weighted by atomic mass is 9.82. The van der Waals surface area contributed by atoms with Crippen molar-refractivity contribution in [3.8, 4) is 5.75 Å². The number of carboxylic acids is 1. The van der Waals surface area contributed by atoms with Gasteiger partial charge >= 0.3 is 5.97 Å². The number of carbonyl (C=O) groups is 1. The van der Waals surface area contributed by atoms with E-state index in [-0.39, 0.29) is 12.4 Å². The second kappa shape index (κ2) is 7.22. The fraction of sp³-hybridized carbons (Fsp3) is 0.318. The third-order valence-electron chi connectivity index (χ3n) is 5.50. The maximum absolute atomic E-state index is 14.2. The Bertz CT molecular complexity index is 964. The minimum Gasteiger partial charge on any atom is -0.482 e. The van der Waals surface area contributed by atoms with Gasteiger partial charge < -0.3 is 9.84 Å². The molecular formula is C22H21ClFNO3. The summed E-state index contributed by atoms with van der Waals surface area (Å²) in [5.41, 5.74) is 2.64. The summed E-state index contributed by atoms with van der Waals surface area (Å²) in [4.78, 5) is 12.9. The molecule has 0 bridgehead atoms. The summed E-state index contributed by atoms with van der Waals surface area (Å²) in [7, 11) is 0. The van der Waals surface area contributed by atoms with Crippen molar-refractivity contribution in [2.45, 2.75) is 25.4 Å². The van der Waals surface area contributed by atoms with Crippen molar-refractivity contribution >= 4 is 23.1 Å². The first kappa shape index (κ1) is 19.0. The standard InChI is InChI=1S/C22H21ClFNO3/c1-14-2-3-15(10-19(14)24)18-12-22(6-8-25(9-7-22)13-21(26)27)28-20-11-16(23)4-5-17(18)20/h2-5,10-12H,6-9,13H2,1H3,(H,26,27). The van der Waals surface area contributed by atoms with Crippen LogP contribution in [0.2, 0.25) is 5.02 Å². The van der Waals surface area contributed by atoms with E-state index in [9.17, 15) is 9.18 Å². The van der Waals surface area contributed by atoms with Gasteiger partial charge in [0.2, 0.25) is 0 Å². The normalized spacial score (nSPS) is 18.3. The molecule has 0 amide bonds. The maximum atomic E-state index is 14.2. The number of nitrogens with zero attached hydrogens (tertiary/aromatic N) is 1. The molecule has 2 aliphatic rings. The lowest BCUT2D eigenvalue weighted by molar-refractivity contribution is -0.139. The molecule has 0 atom stereocenters. The molecule has 1 saturated heterocycles. The monoisotopic (exact) mass is 401 g/mol. The van der Waals surface area contributed by atoms with Crippen LogP contribution in [0.3, 0.4) is 0 Å². The Morgan fingerprint density at radius 2 is 2.00 bits per heavy atom. The summed E-state index contributed by atoms with van der Waals surface area (Å²) in [5, 5.41) is 9.61. The van der Waals surface area contributed by atoms with E-state index in [0.29, 0.717) is 42.3 Å². The number of aryl methyl sites for hydroxylation is 1. The Hall–Kier alpha value is -2.37. The maximum Gasteiger partial charge on any atom is 0.317 e. The first-order chi connectivity index (χ1) is 13.3. The highest BCUT2D eigenvalue weighted by molar-refractivity contribution is 6.30. The van der Waals surface area contributed by atoms with Crippen LogP contribution in [0.25, 0.3) is 5.57 Å². The van der Waals surface area contributed by atoms with Crippen molar-refractivity contribution in [1.29, 1.82) is 0 Å². The van der Waals surface area contributed by atoms with Gasteiger partial charge in [-0.15, -0.1) is 0 Å². The van der Waals surface area contributed by atoms with Gasteiger partial charge in [-0.05, 0) is 54.0 Å². The van der Waals surface area contributed by atoms with Crippen LogP contribution < -0.4 is 4.74 Å². The van der Waals surface area contributed by atoms with Gasteiger partial charge in [-0.3, -0.25) is 9.69 Å². The van der Waals surface area contributed by atoms with Gasteiger partial charge in [0.15, 0.2) is 0 Å². The molecule has 1 fully saturated rings. The van der Waals surface area contributed by atoms with E-state index in [4.69, 9.17) is 21.4 Å². The Balaban J connectivity index is 1.74. The van der Waals surface area contributed by atoms with Crippen LogP contribution in [-0.2, 0) is 4.79 Å². The Morgan fingerprint density at radius 1 is 1.25 bits per heavy atom. The molecule has 2 aromatic carbocycles. The summed E-state index contributed by atoms with van der Waals surface area (Å²) in [5.74, 6) is -0.396. The fourth-order valence-corrected chi connectivity index (χ4v) is 4.08. The first-order valence-corrected chi connectivity index (χ1v) is 9.65. The van der Waals surface area contributed by atoms with Gasteiger partial charge in [0, 0.05) is 36.5 Å². The lowest BCUT2D eigenvalue weighted by Crippen LogP contribution is -2.49. The van der Waals surface area contributed by atoms with Gasteiger partial charge in [0.05, 0.1) is 6.54 Å². The van der Waals surface area contributed by atoms with E-state index in [1.807, 2.05) is 17.0 Å². The van der Waals surface area contributed by atoms with E-state index in [2.05, 4.69) is 6.08 Å². The van der Waals surface area contributed by atoms with Gasteiger partial charge in [-0.25, -0.2) is 4.39 Å². The molecule has 0 unspecified atom stereocenters. The van der Waals surface area contributed by atoms with Crippen LogP contribution in [0.15, 0.2) is 42.5 Å². The van der Waals surface area contributed by atoms with Crippen LogP contribution in [0, 0.1) is 12.7 Å². The summed E-state index contributed by atoms with van der Waals surface area (Å²) in [6.45, 7) is 3.01. The van der Waals surface area contributed by atoms with Crippen molar-refractivity contribution in [3.63, 3.8) is 0 Å². The predicted molar refractivity (Wildman–Crippen MR) is 106 cm³/mol. The molecule has 0 saturated carbocycles. The number of hydrogen-bond acceptors (Lipinski definition) is 3. The number of benzene rings is 2. The Morgan fingerprint density at radius 3 is 2.68 bits per heavy atom. The molecule has 0 aliphatic carbocycles. The second-order valence-corrected chi connectivity index (χ2v) is 7.94. The van der Waals surface area contributed by atoms with Crippen molar-refractivity contribution in [3.05, 3.63) is 70.0 Å². The molecule has 146 valence electrons. The third-order valence-corrected chi connectivity index (χ3v) is 5.73. The Kier molecular flexibility index (Phi) is 4.89. The molecule has 6 heteroatoms. The van der Waals surface area contributed by atoms with Crippen LogP contribution in [0.1, 0.15) is 29.5 Å². The molecule has 1 spiro atoms. The summed E-state index contributed by atoms with van der Waals surface area (Å²) in [6.07, 6.45) is 3.39. The first-order valence-electron chi connectivity index (χ1n) is 9.28. The molecule has 2 aliphatic heterocycles. The number of piperidine rings is 1. The lowest BCUT2D eigenvalue weighted by Gasteiger charge is -2.42. The largest absolute Gasteiger partial charge is 0.482 e. The molecule has 0 aromatic heterocycles. The van der Waals surface area contributed by atoms with Crippen LogP contribution >= 0.6 is 11.6 Å². The van der Waals surface area contributed by atoms with Crippen molar-refractivity contribution in [2.75, 3.05) is 19.6 Å². The highest BCUT2D eigenvalue weighted by Crippen LogP contribution is 2.44. The predicted octanol–water partition coefficient (Wildman–Crippen LogP) is 4.53. The number of fused-ring (bicyclic) bond motifs is 1. The number of rotatable bonds is 3. The molecule has 0 radical (unpaired) electrons. The number of ether oxygens (including phenoxy) is 1. The number of halogens is 2. The average molecular weight is 402 g/mol. The zero-order valence-corrected chi connectivity index (χ0v) is 16.3. The molecule has 2 aromatic rings. The number of carboxylic acid groups (broad SMARTS) is 1. The molecular weight excluding hydrogens is 381 g/mol. The third kappa shape index (κ3) is 3.64. The molecule has 4 rings (SSSR count). The van der Waals surface area contributed by atoms with E-state index < -0.39 is 11.6 Å². The van der Waals surface area contributed by atoms with Gasteiger partial charge in [0.1, 0.15) is 17.2 Å². The highest BCUT2D eigenvalue weighted by Gasteiger charge is 2.39. The number of hydrogen-bond donors (Lipinski definition) is 1. The minimum atomic E-state index is -0.830. The van der Waals surface area contributed by atoms with Crippen molar-refractivity contribution < 1.29 is 19.0 Å². The average Bonchev–Trinajstić information content (AvgIpc) is 2.65. The summed E-state index contributed by atoms with van der Waals surface area (Å²) in [6, 6.07) is 10.7. The summed E-state index contributed by atoms with van der Waals surface area (Å²) >= 11 is 6.19. The Labute approximate surface area is 168 Å². The second-order valence-electron chi connectivity index (χ2n) is 7.50. The van der Waals surface area contributed by atoms with Crippen LogP contribution in [0.4, 0.5) is 4.39 Å². The zero-order valence-electron chi connectivity index (χ0n) is 15.5. The minimum absolute atomic E-state index is 0.0260. The number of aliphatic carboxylic acids is 1. The number of likely N-dealkylation sites (tertiary alicyclic amines) is 1.